The quantitative estimate of drug-likeness (QED) is 0.516. The van der Waals surface area contributed by atoms with Crippen LogP contribution in [0.25, 0.3) is 16.9 Å². The van der Waals surface area contributed by atoms with Gasteiger partial charge in [-0.25, -0.2) is 14.6 Å². The standard InChI is InChI=1S/C14H13N9/c15-14-20-12(11-13(21-14)18-7-17-11)16-6-10-19-8-23(22-10)9-4-2-1-3-5-9/h1-5,7-8H,6H2,(H4,15,16,17,18,20,21). The number of benzene rings is 1. The molecule has 3 heterocycles. The smallest absolute Gasteiger partial charge is 0.224 e. The SMILES string of the molecule is Nc1nc(NCc2ncn(-c3ccccc3)n2)c2[nH]cnc2n1. The van der Waals surface area contributed by atoms with Crippen LogP contribution >= 0.6 is 0 Å². The van der Waals surface area contributed by atoms with E-state index in [1.165, 1.54) is 0 Å². The van der Waals surface area contributed by atoms with Crippen LogP contribution in [-0.2, 0) is 6.54 Å². The lowest BCUT2D eigenvalue weighted by molar-refractivity contribution is 0.841. The number of nitrogen functional groups attached to an aromatic ring is 1. The van der Waals surface area contributed by atoms with Crippen molar-refractivity contribution in [2.75, 3.05) is 11.1 Å². The Hall–Kier alpha value is -3.49. The summed E-state index contributed by atoms with van der Waals surface area (Å²) in [5.41, 5.74) is 7.85. The first-order chi connectivity index (χ1) is 11.3. The number of nitrogens with zero attached hydrogens (tertiary/aromatic N) is 6. The Morgan fingerprint density at radius 1 is 1.13 bits per heavy atom. The number of hydrogen-bond donors (Lipinski definition) is 3. The zero-order valence-electron chi connectivity index (χ0n) is 12.0. The molecule has 0 aliphatic carbocycles. The summed E-state index contributed by atoms with van der Waals surface area (Å²) >= 11 is 0. The highest BCUT2D eigenvalue weighted by molar-refractivity contribution is 5.83. The van der Waals surface area contributed by atoms with E-state index in [0.29, 0.717) is 29.4 Å². The minimum atomic E-state index is 0.162. The highest BCUT2D eigenvalue weighted by Crippen LogP contribution is 2.17. The van der Waals surface area contributed by atoms with Gasteiger partial charge in [0.2, 0.25) is 5.95 Å². The molecule has 0 atom stereocenters. The third-order valence-electron chi connectivity index (χ3n) is 3.28. The lowest BCUT2D eigenvalue weighted by Crippen LogP contribution is -2.07. The third-order valence-corrected chi connectivity index (χ3v) is 3.28. The molecule has 0 saturated carbocycles. The summed E-state index contributed by atoms with van der Waals surface area (Å²) in [4.78, 5) is 19.6. The van der Waals surface area contributed by atoms with Gasteiger partial charge in [0.15, 0.2) is 17.3 Å². The van der Waals surface area contributed by atoms with Gasteiger partial charge in [-0.2, -0.15) is 9.97 Å². The van der Waals surface area contributed by atoms with Crippen molar-refractivity contribution in [3.8, 4) is 5.69 Å². The molecule has 0 spiro atoms. The number of aromatic nitrogens is 7. The largest absolute Gasteiger partial charge is 0.368 e. The van der Waals surface area contributed by atoms with Gasteiger partial charge in [0.05, 0.1) is 18.6 Å². The molecular weight excluding hydrogens is 294 g/mol. The first-order valence-electron chi connectivity index (χ1n) is 6.96. The first-order valence-corrected chi connectivity index (χ1v) is 6.96. The topological polar surface area (TPSA) is 123 Å². The van der Waals surface area contributed by atoms with Crippen LogP contribution in [0.15, 0.2) is 43.0 Å². The second-order valence-electron chi connectivity index (χ2n) is 4.83. The minimum Gasteiger partial charge on any atom is -0.368 e. The van der Waals surface area contributed by atoms with Gasteiger partial charge >= 0.3 is 0 Å². The molecule has 0 unspecified atom stereocenters. The van der Waals surface area contributed by atoms with E-state index in [0.717, 1.165) is 5.69 Å². The van der Waals surface area contributed by atoms with Crippen molar-refractivity contribution in [2.24, 2.45) is 0 Å². The van der Waals surface area contributed by atoms with Crippen LogP contribution in [0.4, 0.5) is 11.8 Å². The molecular formula is C14H13N9. The molecule has 0 amide bonds. The number of nitrogens with two attached hydrogens (primary N) is 1. The van der Waals surface area contributed by atoms with Crippen molar-refractivity contribution in [3.05, 3.63) is 48.8 Å². The van der Waals surface area contributed by atoms with E-state index >= 15 is 0 Å². The molecule has 0 saturated heterocycles. The van der Waals surface area contributed by atoms with E-state index < -0.39 is 0 Å². The molecule has 9 nitrogen and oxygen atoms in total. The Morgan fingerprint density at radius 3 is 2.87 bits per heavy atom. The van der Waals surface area contributed by atoms with E-state index in [-0.39, 0.29) is 5.95 Å². The molecule has 4 rings (SSSR count). The van der Waals surface area contributed by atoms with Crippen molar-refractivity contribution in [3.63, 3.8) is 0 Å². The lowest BCUT2D eigenvalue weighted by atomic mass is 10.3. The number of H-pyrrole nitrogens is 1. The highest BCUT2D eigenvalue weighted by Gasteiger charge is 2.09. The van der Waals surface area contributed by atoms with Crippen LogP contribution in [0.3, 0.4) is 0 Å². The van der Waals surface area contributed by atoms with E-state index in [1.807, 2.05) is 30.3 Å². The van der Waals surface area contributed by atoms with Gasteiger partial charge in [-0.1, -0.05) is 18.2 Å². The fraction of sp³-hybridized carbons (Fsp3) is 0.0714. The zero-order valence-corrected chi connectivity index (χ0v) is 12.0. The van der Waals surface area contributed by atoms with Crippen LogP contribution in [0, 0.1) is 0 Å². The van der Waals surface area contributed by atoms with E-state index in [9.17, 15) is 0 Å². The number of para-hydroxylation sites is 1. The second kappa shape index (κ2) is 5.37. The van der Waals surface area contributed by atoms with Crippen molar-refractivity contribution in [2.45, 2.75) is 6.54 Å². The maximum Gasteiger partial charge on any atom is 0.224 e. The predicted molar refractivity (Wildman–Crippen MR) is 84.8 cm³/mol. The van der Waals surface area contributed by atoms with Gasteiger partial charge < -0.3 is 16.0 Å². The van der Waals surface area contributed by atoms with Gasteiger partial charge in [0, 0.05) is 0 Å². The number of anilines is 2. The number of nitrogens with one attached hydrogen (secondary N) is 2. The van der Waals surface area contributed by atoms with E-state index in [2.05, 4.69) is 35.3 Å². The highest BCUT2D eigenvalue weighted by atomic mass is 15.3. The molecule has 4 aromatic rings. The Bertz CT molecular complexity index is 941. The average molecular weight is 307 g/mol. The summed E-state index contributed by atoms with van der Waals surface area (Å²) in [6.07, 6.45) is 3.22. The summed E-state index contributed by atoms with van der Waals surface area (Å²) in [5.74, 6) is 1.37. The van der Waals surface area contributed by atoms with Crippen LogP contribution in [0.5, 0.6) is 0 Å². The van der Waals surface area contributed by atoms with Crippen molar-refractivity contribution in [1.29, 1.82) is 0 Å². The molecule has 9 heteroatoms. The summed E-state index contributed by atoms with van der Waals surface area (Å²) in [7, 11) is 0. The number of hydrogen-bond acceptors (Lipinski definition) is 7. The normalized spacial score (nSPS) is 11.0. The predicted octanol–water partition coefficient (Wildman–Crippen LogP) is 1.13. The molecule has 0 aliphatic heterocycles. The fourth-order valence-corrected chi connectivity index (χ4v) is 2.22. The average Bonchev–Trinajstić information content (AvgIpc) is 3.22. The molecule has 1 aromatic carbocycles. The molecule has 114 valence electrons. The third kappa shape index (κ3) is 2.55. The number of rotatable bonds is 4. The van der Waals surface area contributed by atoms with Crippen molar-refractivity contribution < 1.29 is 0 Å². The van der Waals surface area contributed by atoms with Crippen LogP contribution < -0.4 is 11.1 Å². The summed E-state index contributed by atoms with van der Waals surface area (Å²) in [6, 6.07) is 9.79. The maximum atomic E-state index is 5.68. The Morgan fingerprint density at radius 2 is 2.00 bits per heavy atom. The summed E-state index contributed by atoms with van der Waals surface area (Å²) in [5, 5.41) is 7.58. The van der Waals surface area contributed by atoms with Gasteiger partial charge in [-0.05, 0) is 12.1 Å². The lowest BCUT2D eigenvalue weighted by Gasteiger charge is -2.04. The second-order valence-corrected chi connectivity index (χ2v) is 4.83. The van der Waals surface area contributed by atoms with Crippen molar-refractivity contribution in [1.82, 2.24) is 34.7 Å². The minimum absolute atomic E-state index is 0.162. The molecule has 3 aromatic heterocycles. The molecule has 0 bridgehead atoms. The van der Waals surface area contributed by atoms with Crippen LogP contribution in [-0.4, -0.2) is 34.7 Å². The molecule has 23 heavy (non-hydrogen) atoms. The number of fused-ring (bicyclic) bond motifs is 1. The van der Waals surface area contributed by atoms with E-state index in [1.54, 1.807) is 17.3 Å². The fourth-order valence-electron chi connectivity index (χ4n) is 2.22. The van der Waals surface area contributed by atoms with Gasteiger partial charge in [0.25, 0.3) is 0 Å². The first kappa shape index (κ1) is 13.2. The summed E-state index contributed by atoms with van der Waals surface area (Å²) < 4.78 is 1.72. The molecule has 0 aliphatic rings. The maximum absolute atomic E-state index is 5.68. The zero-order chi connectivity index (χ0) is 15.6. The molecule has 0 fully saturated rings. The van der Waals surface area contributed by atoms with Gasteiger partial charge in [0.1, 0.15) is 11.8 Å². The Balaban J connectivity index is 1.55. The summed E-state index contributed by atoms with van der Waals surface area (Å²) in [6.45, 7) is 0.407. The number of aromatic amines is 1. The monoisotopic (exact) mass is 307 g/mol. The Labute approximate surface area is 130 Å². The van der Waals surface area contributed by atoms with E-state index in [4.69, 9.17) is 5.73 Å². The van der Waals surface area contributed by atoms with Crippen LogP contribution in [0.2, 0.25) is 0 Å². The Kier molecular flexibility index (Phi) is 3.08. The molecule has 4 N–H and O–H groups in total. The van der Waals surface area contributed by atoms with Gasteiger partial charge in [-0.15, -0.1) is 5.10 Å². The van der Waals surface area contributed by atoms with Crippen molar-refractivity contribution >= 4 is 22.9 Å². The number of imidazole rings is 1. The molecule has 0 radical (unpaired) electrons. The van der Waals surface area contributed by atoms with Crippen LogP contribution in [0.1, 0.15) is 5.82 Å². The van der Waals surface area contributed by atoms with Gasteiger partial charge in [-0.3, -0.25) is 0 Å².